The monoisotopic (exact) mass is 174 g/mol. The maximum Gasteiger partial charge on any atom is 0.0739 e. The predicted octanol–water partition coefficient (Wildman–Crippen LogP) is 0.963. The first-order chi connectivity index (χ1) is 5.40. The Kier molecular flexibility index (Phi) is 2.35. The van der Waals surface area contributed by atoms with Gasteiger partial charge < -0.3 is 0 Å². The van der Waals surface area contributed by atoms with Crippen molar-refractivity contribution in [1.82, 2.24) is 9.80 Å². The average molecular weight is 175 g/mol. The number of rotatable bonds is 1. The van der Waals surface area contributed by atoms with E-state index in [4.69, 9.17) is 11.6 Å². The van der Waals surface area contributed by atoms with E-state index in [-0.39, 0.29) is 0 Å². The van der Waals surface area contributed by atoms with Crippen LogP contribution in [0.4, 0.5) is 0 Å². The number of fused-ring (bicyclic) bond motifs is 1. The van der Waals surface area contributed by atoms with Crippen LogP contribution in [0.1, 0.15) is 12.8 Å². The van der Waals surface area contributed by atoms with Crippen LogP contribution in [0.15, 0.2) is 0 Å². The average Bonchev–Trinajstić information content (AvgIpc) is 2.50. The van der Waals surface area contributed by atoms with E-state index in [9.17, 15) is 0 Å². The maximum absolute atomic E-state index is 5.78. The Bertz CT molecular complexity index is 140. The fourth-order valence-corrected chi connectivity index (χ4v) is 2.38. The van der Waals surface area contributed by atoms with Crippen LogP contribution < -0.4 is 0 Å². The molecule has 2 aliphatic rings. The number of hydrogen-bond donors (Lipinski definition) is 0. The number of halogens is 1. The van der Waals surface area contributed by atoms with Gasteiger partial charge in [-0.1, -0.05) is 0 Å². The van der Waals surface area contributed by atoms with Gasteiger partial charge in [-0.05, 0) is 19.4 Å². The molecule has 2 rings (SSSR count). The Morgan fingerprint density at radius 2 is 2.18 bits per heavy atom. The maximum atomic E-state index is 5.78. The molecule has 0 N–H and O–H groups in total. The van der Waals surface area contributed by atoms with Crippen LogP contribution in [0.3, 0.4) is 0 Å². The highest BCUT2D eigenvalue weighted by molar-refractivity contribution is 6.17. The molecule has 0 bridgehead atoms. The summed E-state index contributed by atoms with van der Waals surface area (Å²) in [6, 6.07) is 1.53. The van der Waals surface area contributed by atoms with Crippen LogP contribution in [0.5, 0.6) is 0 Å². The van der Waals surface area contributed by atoms with Gasteiger partial charge in [-0.15, -0.1) is 11.6 Å². The van der Waals surface area contributed by atoms with E-state index in [2.05, 4.69) is 9.80 Å². The van der Waals surface area contributed by atoms with Gasteiger partial charge in [-0.25, -0.2) is 0 Å². The van der Waals surface area contributed by atoms with Crippen molar-refractivity contribution >= 4 is 11.6 Å². The van der Waals surface area contributed by atoms with Crippen molar-refractivity contribution in [3.8, 4) is 0 Å². The third kappa shape index (κ3) is 1.53. The second-order valence-corrected chi connectivity index (χ2v) is 3.77. The lowest BCUT2D eigenvalue weighted by Crippen LogP contribution is -2.49. The van der Waals surface area contributed by atoms with Gasteiger partial charge in [-0.3, -0.25) is 9.80 Å². The quantitative estimate of drug-likeness (QED) is 0.432. The van der Waals surface area contributed by atoms with Gasteiger partial charge in [0, 0.05) is 25.7 Å². The third-order valence-electron chi connectivity index (χ3n) is 2.84. The van der Waals surface area contributed by atoms with Crippen molar-refractivity contribution in [2.24, 2.45) is 0 Å². The summed E-state index contributed by atoms with van der Waals surface area (Å²) < 4.78 is 0. The minimum atomic E-state index is 0.713. The predicted molar refractivity (Wildman–Crippen MR) is 46.9 cm³/mol. The SMILES string of the molecule is ClCN1CCN2CCCC2C1. The second-order valence-electron chi connectivity index (χ2n) is 3.53. The Labute approximate surface area is 73.1 Å². The van der Waals surface area contributed by atoms with E-state index in [1.807, 2.05) is 0 Å². The standard InChI is InChI=1S/C8H15ClN2/c9-7-10-4-5-11-3-1-2-8(11)6-10/h8H,1-7H2. The summed E-state index contributed by atoms with van der Waals surface area (Å²) in [7, 11) is 0. The van der Waals surface area contributed by atoms with Gasteiger partial charge in [0.25, 0.3) is 0 Å². The van der Waals surface area contributed by atoms with E-state index >= 15 is 0 Å². The summed E-state index contributed by atoms with van der Waals surface area (Å²) in [4.78, 5) is 4.94. The van der Waals surface area contributed by atoms with Gasteiger partial charge >= 0.3 is 0 Å². The topological polar surface area (TPSA) is 6.48 Å². The molecule has 1 atom stereocenters. The lowest BCUT2D eigenvalue weighted by atomic mass is 10.2. The summed E-state index contributed by atoms with van der Waals surface area (Å²) in [6.07, 6.45) is 2.77. The molecule has 0 spiro atoms. The molecule has 0 aromatic carbocycles. The Balaban J connectivity index is 1.91. The molecule has 0 saturated carbocycles. The fraction of sp³-hybridized carbons (Fsp3) is 1.00. The van der Waals surface area contributed by atoms with E-state index in [1.165, 1.54) is 39.0 Å². The molecule has 1 unspecified atom stereocenters. The second kappa shape index (κ2) is 3.30. The molecule has 0 aromatic rings. The first-order valence-electron chi connectivity index (χ1n) is 4.42. The summed E-state index contributed by atoms with van der Waals surface area (Å²) in [5.41, 5.74) is 0. The number of alkyl halides is 1. The normalized spacial score (nSPS) is 34.1. The molecule has 0 aliphatic carbocycles. The summed E-state index contributed by atoms with van der Waals surface area (Å²) in [5, 5.41) is 0. The Morgan fingerprint density at radius 3 is 3.00 bits per heavy atom. The van der Waals surface area contributed by atoms with Crippen molar-refractivity contribution in [2.75, 3.05) is 32.2 Å². The Morgan fingerprint density at radius 1 is 1.27 bits per heavy atom. The molecule has 3 heteroatoms. The van der Waals surface area contributed by atoms with Crippen LogP contribution in [0.2, 0.25) is 0 Å². The molecule has 0 amide bonds. The van der Waals surface area contributed by atoms with E-state index in [1.54, 1.807) is 0 Å². The molecule has 2 aliphatic heterocycles. The van der Waals surface area contributed by atoms with Gasteiger partial charge in [0.15, 0.2) is 0 Å². The number of nitrogens with zero attached hydrogens (tertiary/aromatic N) is 2. The molecular weight excluding hydrogens is 160 g/mol. The zero-order valence-electron chi connectivity index (χ0n) is 6.80. The molecule has 0 aromatic heterocycles. The van der Waals surface area contributed by atoms with Gasteiger partial charge in [0.1, 0.15) is 0 Å². The Hall–Kier alpha value is 0.210. The summed E-state index contributed by atoms with van der Waals surface area (Å²) in [5.74, 6) is 0. The minimum absolute atomic E-state index is 0.713. The summed E-state index contributed by atoms with van der Waals surface area (Å²) in [6.45, 7) is 4.92. The first-order valence-corrected chi connectivity index (χ1v) is 4.96. The van der Waals surface area contributed by atoms with Gasteiger partial charge in [0.05, 0.1) is 6.00 Å². The molecule has 11 heavy (non-hydrogen) atoms. The van der Waals surface area contributed by atoms with Crippen LogP contribution in [0.25, 0.3) is 0 Å². The van der Waals surface area contributed by atoms with Gasteiger partial charge in [0.2, 0.25) is 0 Å². The lowest BCUT2D eigenvalue weighted by molar-refractivity contribution is 0.119. The highest BCUT2D eigenvalue weighted by Gasteiger charge is 2.29. The van der Waals surface area contributed by atoms with Crippen molar-refractivity contribution in [3.63, 3.8) is 0 Å². The largest absolute Gasteiger partial charge is 0.298 e. The van der Waals surface area contributed by atoms with Crippen molar-refractivity contribution < 1.29 is 0 Å². The number of hydrogen-bond acceptors (Lipinski definition) is 2. The fourth-order valence-electron chi connectivity index (χ4n) is 2.16. The van der Waals surface area contributed by atoms with Crippen LogP contribution in [-0.2, 0) is 0 Å². The molecule has 64 valence electrons. The molecule has 2 heterocycles. The van der Waals surface area contributed by atoms with Crippen LogP contribution in [0, 0.1) is 0 Å². The molecular formula is C8H15ClN2. The molecule has 2 fully saturated rings. The lowest BCUT2D eigenvalue weighted by Gasteiger charge is -2.36. The van der Waals surface area contributed by atoms with Gasteiger partial charge in [-0.2, -0.15) is 0 Å². The highest BCUT2D eigenvalue weighted by atomic mass is 35.5. The van der Waals surface area contributed by atoms with Crippen molar-refractivity contribution in [1.29, 1.82) is 0 Å². The van der Waals surface area contributed by atoms with E-state index in [0.717, 1.165) is 6.04 Å². The van der Waals surface area contributed by atoms with Crippen molar-refractivity contribution in [2.45, 2.75) is 18.9 Å². The minimum Gasteiger partial charge on any atom is -0.298 e. The highest BCUT2D eigenvalue weighted by Crippen LogP contribution is 2.21. The number of piperazine rings is 1. The first kappa shape index (κ1) is 7.84. The zero-order chi connectivity index (χ0) is 7.68. The third-order valence-corrected chi connectivity index (χ3v) is 3.18. The smallest absolute Gasteiger partial charge is 0.0739 e. The van der Waals surface area contributed by atoms with E-state index in [0.29, 0.717) is 6.00 Å². The van der Waals surface area contributed by atoms with Crippen molar-refractivity contribution in [3.05, 3.63) is 0 Å². The van der Waals surface area contributed by atoms with E-state index < -0.39 is 0 Å². The molecule has 2 nitrogen and oxygen atoms in total. The zero-order valence-corrected chi connectivity index (χ0v) is 7.56. The molecule has 2 saturated heterocycles. The summed E-state index contributed by atoms with van der Waals surface area (Å²) >= 11 is 5.78. The molecule has 0 radical (unpaired) electrons. The van der Waals surface area contributed by atoms with Crippen LogP contribution in [-0.4, -0.2) is 48.0 Å². The van der Waals surface area contributed by atoms with Crippen LogP contribution >= 0.6 is 11.6 Å².